The summed E-state index contributed by atoms with van der Waals surface area (Å²) in [7, 11) is 3.07. The molecule has 1 fully saturated rings. The molecular formula is C29H34F6N2O4. The summed E-state index contributed by atoms with van der Waals surface area (Å²) in [4.78, 5) is 27.3. The lowest BCUT2D eigenvalue weighted by Gasteiger charge is -2.56. The van der Waals surface area contributed by atoms with E-state index in [-0.39, 0.29) is 31.1 Å². The molecule has 226 valence electrons. The van der Waals surface area contributed by atoms with Gasteiger partial charge in [0.05, 0.1) is 23.8 Å². The van der Waals surface area contributed by atoms with Crippen LogP contribution in [0, 0.1) is 0 Å². The van der Waals surface area contributed by atoms with Crippen molar-refractivity contribution in [1.82, 2.24) is 10.2 Å². The number of carbonyl (C=O) groups excluding carboxylic acids is 2. The Morgan fingerprint density at radius 2 is 1.44 bits per heavy atom. The maximum atomic E-state index is 13.4. The van der Waals surface area contributed by atoms with Crippen molar-refractivity contribution in [3.05, 3.63) is 70.8 Å². The number of rotatable bonds is 7. The second-order valence-corrected chi connectivity index (χ2v) is 11.7. The van der Waals surface area contributed by atoms with Gasteiger partial charge >= 0.3 is 18.4 Å². The van der Waals surface area contributed by atoms with Crippen LogP contribution in [0.1, 0.15) is 68.9 Å². The first-order valence-corrected chi connectivity index (χ1v) is 12.9. The van der Waals surface area contributed by atoms with E-state index >= 15 is 0 Å². The highest BCUT2D eigenvalue weighted by Gasteiger charge is 2.61. The number of nitrogens with one attached hydrogen (secondary N) is 1. The Morgan fingerprint density at radius 3 is 1.88 bits per heavy atom. The number of amides is 2. The molecule has 0 heterocycles. The molecule has 12 heteroatoms. The minimum absolute atomic E-state index is 0.0589. The van der Waals surface area contributed by atoms with Gasteiger partial charge in [-0.05, 0) is 69.9 Å². The van der Waals surface area contributed by atoms with Gasteiger partial charge in [-0.25, -0.2) is 4.79 Å². The molecular weight excluding hydrogens is 554 g/mol. The van der Waals surface area contributed by atoms with E-state index in [1.807, 2.05) is 0 Å². The number of benzene rings is 2. The third-order valence-corrected chi connectivity index (χ3v) is 6.91. The minimum Gasteiger partial charge on any atom is -0.444 e. The largest absolute Gasteiger partial charge is 0.444 e. The summed E-state index contributed by atoms with van der Waals surface area (Å²) in [6.07, 6.45) is -11.8. The van der Waals surface area contributed by atoms with Crippen molar-refractivity contribution in [2.75, 3.05) is 20.7 Å². The van der Waals surface area contributed by atoms with Gasteiger partial charge in [-0.2, -0.15) is 26.3 Å². The van der Waals surface area contributed by atoms with E-state index in [1.165, 1.54) is 25.9 Å². The van der Waals surface area contributed by atoms with Crippen LogP contribution < -0.4 is 5.32 Å². The van der Waals surface area contributed by atoms with E-state index in [0.717, 1.165) is 5.56 Å². The molecule has 3 rings (SSSR count). The molecule has 0 spiro atoms. The van der Waals surface area contributed by atoms with E-state index in [0.29, 0.717) is 12.1 Å². The first kappa shape index (κ1) is 32.2. The molecule has 1 saturated carbocycles. The van der Waals surface area contributed by atoms with E-state index in [4.69, 9.17) is 9.47 Å². The molecule has 0 aromatic heterocycles. The molecule has 0 radical (unpaired) electrons. The van der Waals surface area contributed by atoms with Gasteiger partial charge in [0.15, 0.2) is 0 Å². The molecule has 1 aliphatic rings. The maximum Gasteiger partial charge on any atom is 0.416 e. The molecule has 2 aromatic rings. The molecule has 1 atom stereocenters. The van der Waals surface area contributed by atoms with Crippen molar-refractivity contribution >= 4 is 12.0 Å². The number of likely N-dealkylation sites (N-methyl/N-ethyl adjacent to an activating group) is 1. The fourth-order valence-electron chi connectivity index (χ4n) is 5.10. The van der Waals surface area contributed by atoms with Gasteiger partial charge in [-0.3, -0.25) is 4.79 Å². The molecule has 41 heavy (non-hydrogen) atoms. The minimum atomic E-state index is -4.99. The number of hydrogen-bond acceptors (Lipinski definition) is 4. The summed E-state index contributed by atoms with van der Waals surface area (Å²) in [5.74, 6) is -0.393. The Labute approximate surface area is 235 Å². The number of alkyl halides is 6. The van der Waals surface area contributed by atoms with Crippen molar-refractivity contribution in [3.63, 3.8) is 0 Å². The average Bonchev–Trinajstić information content (AvgIpc) is 2.82. The summed E-state index contributed by atoms with van der Waals surface area (Å²) in [5, 5.41) is 2.70. The Hall–Kier alpha value is -3.28. The first-order valence-electron chi connectivity index (χ1n) is 12.9. The Kier molecular flexibility index (Phi) is 8.79. The summed E-state index contributed by atoms with van der Waals surface area (Å²) in [5.41, 5.74) is -5.50. The van der Waals surface area contributed by atoms with Crippen molar-refractivity contribution in [3.8, 4) is 0 Å². The Morgan fingerprint density at radius 1 is 0.927 bits per heavy atom. The van der Waals surface area contributed by atoms with Crippen LogP contribution in [0.4, 0.5) is 31.1 Å². The third kappa shape index (κ3) is 7.52. The summed E-state index contributed by atoms with van der Waals surface area (Å²) in [6, 6.07) is 10.2. The van der Waals surface area contributed by atoms with Crippen LogP contribution in [0.25, 0.3) is 0 Å². The molecule has 2 aromatic carbocycles. The van der Waals surface area contributed by atoms with Gasteiger partial charge in [0.25, 0.3) is 0 Å². The zero-order valence-corrected chi connectivity index (χ0v) is 23.7. The predicted molar refractivity (Wildman–Crippen MR) is 139 cm³/mol. The lowest BCUT2D eigenvalue weighted by Crippen LogP contribution is -2.71. The van der Waals surface area contributed by atoms with Gasteiger partial charge in [0, 0.05) is 19.5 Å². The number of hydrogen-bond donors (Lipinski definition) is 1. The van der Waals surface area contributed by atoms with Crippen LogP contribution in [0.15, 0.2) is 48.5 Å². The summed E-state index contributed by atoms with van der Waals surface area (Å²) in [6.45, 7) is 6.25. The smallest absolute Gasteiger partial charge is 0.416 e. The Bertz CT molecular complexity index is 1210. The van der Waals surface area contributed by atoms with Crippen LogP contribution in [0.5, 0.6) is 0 Å². The first-order chi connectivity index (χ1) is 18.7. The second-order valence-electron chi connectivity index (χ2n) is 11.7. The SMILES string of the molecule is C[C@@H](OCC1(c2ccccc2)CC(NC(=O)OC(C)(C)C)(C(=O)N(C)C)C1)c1cc(C(F)(F)F)cc(C(F)(F)F)c1. The third-order valence-electron chi connectivity index (χ3n) is 6.91. The van der Waals surface area contributed by atoms with Crippen LogP contribution in [0.3, 0.4) is 0 Å². The van der Waals surface area contributed by atoms with Crippen molar-refractivity contribution in [2.24, 2.45) is 0 Å². The van der Waals surface area contributed by atoms with Gasteiger partial charge in [-0.1, -0.05) is 30.3 Å². The standard InChI is InChI=1S/C29H34F6N2O4/c1-18(19-12-21(28(30,31)32)14-22(13-19)29(33,34)35)40-17-26(20-10-8-7-9-11-20)15-27(16-26,23(38)37(5)6)36-24(39)41-25(2,3)4/h7-14,18H,15-17H2,1-6H3,(H,36,39)/t18-,26?,27?/m1/s1. The highest BCUT2D eigenvalue weighted by molar-refractivity contribution is 5.91. The highest BCUT2D eigenvalue weighted by atomic mass is 19.4. The predicted octanol–water partition coefficient (Wildman–Crippen LogP) is 6.89. The van der Waals surface area contributed by atoms with Crippen LogP contribution in [-0.2, 0) is 32.0 Å². The molecule has 2 amide bonds. The van der Waals surface area contributed by atoms with Crippen LogP contribution in [-0.4, -0.2) is 48.7 Å². The molecule has 0 bridgehead atoms. The fourth-order valence-corrected chi connectivity index (χ4v) is 5.10. The molecule has 1 aliphatic carbocycles. The molecule has 6 nitrogen and oxygen atoms in total. The number of carbonyl (C=O) groups is 2. The van der Waals surface area contributed by atoms with E-state index in [1.54, 1.807) is 51.1 Å². The van der Waals surface area contributed by atoms with Crippen LogP contribution in [0.2, 0.25) is 0 Å². The monoisotopic (exact) mass is 588 g/mol. The topological polar surface area (TPSA) is 67.9 Å². The zero-order valence-electron chi connectivity index (χ0n) is 23.7. The lowest BCUT2D eigenvalue weighted by atomic mass is 9.54. The molecule has 0 aliphatic heterocycles. The van der Waals surface area contributed by atoms with E-state index in [2.05, 4.69) is 5.32 Å². The molecule has 0 unspecified atom stereocenters. The number of alkyl carbamates (subject to hydrolysis) is 1. The number of nitrogens with zero attached hydrogens (tertiary/aromatic N) is 1. The van der Waals surface area contributed by atoms with Crippen molar-refractivity contribution < 1.29 is 45.4 Å². The quantitative estimate of drug-likeness (QED) is 0.358. The normalized spacial score (nSPS) is 22.0. The van der Waals surface area contributed by atoms with Gasteiger partial charge < -0.3 is 19.7 Å². The number of ether oxygens (including phenoxy) is 2. The van der Waals surface area contributed by atoms with Crippen molar-refractivity contribution in [1.29, 1.82) is 0 Å². The fraction of sp³-hybridized carbons (Fsp3) is 0.517. The maximum absolute atomic E-state index is 13.4. The van der Waals surface area contributed by atoms with E-state index in [9.17, 15) is 35.9 Å². The van der Waals surface area contributed by atoms with Gasteiger partial charge in [0.1, 0.15) is 11.1 Å². The molecule has 0 saturated heterocycles. The van der Waals surface area contributed by atoms with Gasteiger partial charge in [-0.15, -0.1) is 0 Å². The lowest BCUT2D eigenvalue weighted by molar-refractivity contribution is -0.146. The van der Waals surface area contributed by atoms with Gasteiger partial charge in [0.2, 0.25) is 5.91 Å². The zero-order chi connectivity index (χ0) is 31.0. The average molecular weight is 589 g/mol. The van der Waals surface area contributed by atoms with Crippen LogP contribution >= 0.6 is 0 Å². The Balaban J connectivity index is 1.94. The van der Waals surface area contributed by atoms with E-state index < -0.39 is 58.1 Å². The summed E-state index contributed by atoms with van der Waals surface area (Å²) < 4.78 is 91.7. The van der Waals surface area contributed by atoms with Crippen molar-refractivity contribution in [2.45, 2.75) is 75.5 Å². The molecule has 1 N–H and O–H groups in total. The number of halogens is 6. The highest BCUT2D eigenvalue weighted by Crippen LogP contribution is 2.52. The summed E-state index contributed by atoms with van der Waals surface area (Å²) >= 11 is 0. The second kappa shape index (κ2) is 11.2.